The van der Waals surface area contributed by atoms with Crippen molar-refractivity contribution < 1.29 is 0 Å². The highest BCUT2D eigenvalue weighted by atomic mass is 35.5. The van der Waals surface area contributed by atoms with Crippen LogP contribution in [0.1, 0.15) is 31.7 Å². The van der Waals surface area contributed by atoms with Crippen LogP contribution in [0.4, 0.5) is 0 Å². The molecule has 12 heavy (non-hydrogen) atoms. The summed E-state index contributed by atoms with van der Waals surface area (Å²) in [5, 5.41) is 0.585. The third-order valence-corrected chi connectivity index (χ3v) is 3.10. The molecule has 0 atom stereocenters. The number of halogens is 1. The Morgan fingerprint density at radius 1 is 1.42 bits per heavy atom. The molecule has 0 spiro atoms. The van der Waals surface area contributed by atoms with Crippen molar-refractivity contribution in [3.63, 3.8) is 0 Å². The van der Waals surface area contributed by atoms with Crippen LogP contribution < -0.4 is 0 Å². The third-order valence-electron chi connectivity index (χ3n) is 2.88. The van der Waals surface area contributed by atoms with Gasteiger partial charge in [0.1, 0.15) is 5.15 Å². The van der Waals surface area contributed by atoms with E-state index in [0.29, 0.717) is 10.6 Å². The molecule has 0 amide bonds. The molecule has 0 saturated heterocycles. The molecule has 0 unspecified atom stereocenters. The average Bonchev–Trinajstić information content (AvgIpc) is 2.02. The van der Waals surface area contributed by atoms with E-state index in [4.69, 9.17) is 11.6 Å². The van der Waals surface area contributed by atoms with Crippen molar-refractivity contribution in [1.82, 2.24) is 4.98 Å². The zero-order chi connectivity index (χ0) is 8.60. The lowest BCUT2D eigenvalue weighted by atomic mass is 9.66. The fourth-order valence-electron chi connectivity index (χ4n) is 1.73. The van der Waals surface area contributed by atoms with E-state index < -0.39 is 0 Å². The first-order valence-corrected chi connectivity index (χ1v) is 4.71. The maximum Gasteiger partial charge on any atom is 0.129 e. The van der Waals surface area contributed by atoms with E-state index >= 15 is 0 Å². The van der Waals surface area contributed by atoms with Crippen LogP contribution in [0.3, 0.4) is 0 Å². The molecule has 1 saturated carbocycles. The average molecular weight is 182 g/mol. The lowest BCUT2D eigenvalue weighted by molar-refractivity contribution is 0.271. The molecule has 1 aliphatic rings. The quantitative estimate of drug-likeness (QED) is 0.607. The van der Waals surface area contributed by atoms with Gasteiger partial charge in [-0.3, -0.25) is 0 Å². The molecule has 1 aromatic heterocycles. The van der Waals surface area contributed by atoms with Gasteiger partial charge in [-0.1, -0.05) is 31.0 Å². The van der Waals surface area contributed by atoms with E-state index in [9.17, 15) is 0 Å². The molecule has 2 heteroatoms. The van der Waals surface area contributed by atoms with Crippen molar-refractivity contribution in [2.75, 3.05) is 0 Å². The van der Waals surface area contributed by atoms with E-state index in [1.807, 2.05) is 12.3 Å². The Labute approximate surface area is 77.8 Å². The molecule has 1 fully saturated rings. The summed E-state index contributed by atoms with van der Waals surface area (Å²) >= 11 is 5.71. The molecule has 64 valence electrons. The lowest BCUT2D eigenvalue weighted by Gasteiger charge is -2.38. The van der Waals surface area contributed by atoms with Crippen molar-refractivity contribution in [2.24, 2.45) is 0 Å². The Bertz CT molecular complexity index is 274. The predicted octanol–water partition coefficient (Wildman–Crippen LogP) is 3.18. The zero-order valence-corrected chi connectivity index (χ0v) is 7.93. The fraction of sp³-hybridized carbons (Fsp3) is 0.500. The SMILES string of the molecule is CC1(c2ccc(Cl)nc2)CCC1. The van der Waals surface area contributed by atoms with Crippen molar-refractivity contribution in [3.05, 3.63) is 29.0 Å². The molecular formula is C10H12ClN. The van der Waals surface area contributed by atoms with Gasteiger partial charge in [-0.2, -0.15) is 0 Å². The summed E-state index contributed by atoms with van der Waals surface area (Å²) < 4.78 is 0. The van der Waals surface area contributed by atoms with Gasteiger partial charge in [-0.25, -0.2) is 4.98 Å². The van der Waals surface area contributed by atoms with E-state index in [1.54, 1.807) is 0 Å². The van der Waals surface area contributed by atoms with Crippen LogP contribution in [0.15, 0.2) is 18.3 Å². The van der Waals surface area contributed by atoms with Crippen LogP contribution in [0, 0.1) is 0 Å². The van der Waals surface area contributed by atoms with Gasteiger partial charge in [-0.05, 0) is 29.9 Å². The van der Waals surface area contributed by atoms with Crippen LogP contribution in [-0.2, 0) is 5.41 Å². The van der Waals surface area contributed by atoms with E-state index in [-0.39, 0.29) is 0 Å². The number of aromatic nitrogens is 1. The molecular weight excluding hydrogens is 170 g/mol. The van der Waals surface area contributed by atoms with Gasteiger partial charge in [0, 0.05) is 6.20 Å². The van der Waals surface area contributed by atoms with E-state index in [0.717, 1.165) is 0 Å². The molecule has 1 nitrogen and oxygen atoms in total. The van der Waals surface area contributed by atoms with Gasteiger partial charge in [0.2, 0.25) is 0 Å². The minimum atomic E-state index is 0.386. The molecule has 1 heterocycles. The number of rotatable bonds is 1. The Morgan fingerprint density at radius 3 is 2.58 bits per heavy atom. The molecule has 1 aliphatic carbocycles. The number of nitrogens with zero attached hydrogens (tertiary/aromatic N) is 1. The number of hydrogen-bond donors (Lipinski definition) is 0. The van der Waals surface area contributed by atoms with Crippen LogP contribution in [0.5, 0.6) is 0 Å². The highest BCUT2D eigenvalue weighted by Crippen LogP contribution is 2.42. The van der Waals surface area contributed by atoms with Gasteiger partial charge in [-0.15, -0.1) is 0 Å². The second-order valence-corrected chi connectivity index (χ2v) is 4.17. The standard InChI is InChI=1S/C10H12ClN/c1-10(5-2-6-10)8-3-4-9(11)12-7-8/h3-4,7H,2,5-6H2,1H3. The second-order valence-electron chi connectivity index (χ2n) is 3.78. The van der Waals surface area contributed by atoms with Crippen LogP contribution in [-0.4, -0.2) is 4.98 Å². The third kappa shape index (κ3) is 1.22. The van der Waals surface area contributed by atoms with E-state index in [2.05, 4.69) is 18.0 Å². The molecule has 1 aromatic rings. The van der Waals surface area contributed by atoms with Gasteiger partial charge in [0.05, 0.1) is 0 Å². The van der Waals surface area contributed by atoms with Crippen molar-refractivity contribution in [2.45, 2.75) is 31.6 Å². The van der Waals surface area contributed by atoms with Gasteiger partial charge < -0.3 is 0 Å². The highest BCUT2D eigenvalue weighted by molar-refractivity contribution is 6.29. The van der Waals surface area contributed by atoms with Crippen molar-refractivity contribution >= 4 is 11.6 Å². The molecule has 0 N–H and O–H groups in total. The largest absolute Gasteiger partial charge is 0.244 e. The Hall–Kier alpha value is -0.560. The monoisotopic (exact) mass is 181 g/mol. The molecule has 0 bridgehead atoms. The molecule has 0 aliphatic heterocycles. The predicted molar refractivity (Wildman–Crippen MR) is 50.5 cm³/mol. The summed E-state index contributed by atoms with van der Waals surface area (Å²) in [6, 6.07) is 3.97. The van der Waals surface area contributed by atoms with Gasteiger partial charge in [0.15, 0.2) is 0 Å². The molecule has 2 rings (SSSR count). The van der Waals surface area contributed by atoms with Crippen molar-refractivity contribution in [3.8, 4) is 0 Å². The lowest BCUT2D eigenvalue weighted by Crippen LogP contribution is -2.30. The summed E-state index contributed by atoms with van der Waals surface area (Å²) in [5.41, 5.74) is 1.72. The molecule has 0 radical (unpaired) electrons. The summed E-state index contributed by atoms with van der Waals surface area (Å²) in [6.07, 6.45) is 5.83. The topological polar surface area (TPSA) is 12.9 Å². The first kappa shape index (κ1) is 8.06. The van der Waals surface area contributed by atoms with Crippen LogP contribution in [0.2, 0.25) is 5.15 Å². The normalized spacial score (nSPS) is 20.2. The second kappa shape index (κ2) is 2.74. The van der Waals surface area contributed by atoms with Gasteiger partial charge in [0.25, 0.3) is 0 Å². The first-order chi connectivity index (χ1) is 5.71. The highest BCUT2D eigenvalue weighted by Gasteiger charge is 2.33. The van der Waals surface area contributed by atoms with Crippen molar-refractivity contribution in [1.29, 1.82) is 0 Å². The summed E-state index contributed by atoms with van der Waals surface area (Å²) in [4.78, 5) is 4.09. The van der Waals surface area contributed by atoms with E-state index in [1.165, 1.54) is 24.8 Å². The summed E-state index contributed by atoms with van der Waals surface area (Å²) in [6.45, 7) is 2.29. The Balaban J connectivity index is 2.28. The fourth-order valence-corrected chi connectivity index (χ4v) is 1.84. The van der Waals surface area contributed by atoms with Gasteiger partial charge >= 0.3 is 0 Å². The zero-order valence-electron chi connectivity index (χ0n) is 7.18. The maximum absolute atomic E-state index is 5.71. The van der Waals surface area contributed by atoms with Crippen LogP contribution in [0.25, 0.3) is 0 Å². The number of hydrogen-bond acceptors (Lipinski definition) is 1. The minimum Gasteiger partial charge on any atom is -0.244 e. The minimum absolute atomic E-state index is 0.386. The first-order valence-electron chi connectivity index (χ1n) is 4.33. The van der Waals surface area contributed by atoms with Crippen LogP contribution >= 0.6 is 11.6 Å². The Morgan fingerprint density at radius 2 is 2.17 bits per heavy atom. The number of pyridine rings is 1. The molecule has 0 aromatic carbocycles. The summed E-state index contributed by atoms with van der Waals surface area (Å²) in [5.74, 6) is 0. The summed E-state index contributed by atoms with van der Waals surface area (Å²) in [7, 11) is 0. The smallest absolute Gasteiger partial charge is 0.129 e. The maximum atomic E-state index is 5.71. The Kier molecular flexibility index (Phi) is 1.84.